The highest BCUT2D eigenvalue weighted by molar-refractivity contribution is 5.92. The smallest absolute Gasteiger partial charge is 0.261 e. The number of amides is 1. The Kier molecular flexibility index (Phi) is 4.35. The van der Waals surface area contributed by atoms with Crippen molar-refractivity contribution in [2.24, 2.45) is 0 Å². The van der Waals surface area contributed by atoms with Crippen LogP contribution in [0.25, 0.3) is 10.9 Å². The largest absolute Gasteiger partial charge is 0.324 e. The molecule has 0 spiro atoms. The van der Waals surface area contributed by atoms with Gasteiger partial charge >= 0.3 is 0 Å². The van der Waals surface area contributed by atoms with E-state index in [2.05, 4.69) is 10.3 Å². The number of aromatic nitrogens is 2. The van der Waals surface area contributed by atoms with Gasteiger partial charge in [0.15, 0.2) is 0 Å². The molecule has 3 rings (SSSR count). The van der Waals surface area contributed by atoms with Crippen LogP contribution >= 0.6 is 0 Å². The van der Waals surface area contributed by atoms with E-state index in [-0.39, 0.29) is 17.8 Å². The number of hydrogen-bond acceptors (Lipinski definition) is 3. The van der Waals surface area contributed by atoms with E-state index >= 15 is 0 Å². The van der Waals surface area contributed by atoms with Crippen molar-refractivity contribution in [3.05, 3.63) is 69.5 Å². The van der Waals surface area contributed by atoms with E-state index in [4.69, 9.17) is 0 Å². The summed E-state index contributed by atoms with van der Waals surface area (Å²) in [5, 5.41) is 2.99. The van der Waals surface area contributed by atoms with Crippen LogP contribution in [0.3, 0.4) is 0 Å². The molecule has 25 heavy (non-hydrogen) atoms. The Bertz CT molecular complexity index is 1020. The van der Waals surface area contributed by atoms with E-state index in [1.165, 1.54) is 23.0 Å². The number of aryl methyl sites for hydroxylation is 3. The summed E-state index contributed by atoms with van der Waals surface area (Å²) in [4.78, 5) is 28.9. The molecule has 2 aromatic carbocycles. The summed E-state index contributed by atoms with van der Waals surface area (Å²) in [6, 6.07) is 7.78. The minimum Gasteiger partial charge on any atom is -0.324 e. The Morgan fingerprint density at radius 3 is 2.52 bits per heavy atom. The molecule has 0 aliphatic rings. The summed E-state index contributed by atoms with van der Waals surface area (Å²) in [6.07, 6.45) is 1.30. The summed E-state index contributed by atoms with van der Waals surface area (Å²) >= 11 is 0. The molecule has 0 saturated heterocycles. The number of carbonyl (C=O) groups is 1. The molecule has 0 fully saturated rings. The Labute approximate surface area is 144 Å². The van der Waals surface area contributed by atoms with Crippen LogP contribution in [0, 0.1) is 26.6 Å². The second kappa shape index (κ2) is 6.47. The first kappa shape index (κ1) is 16.8. The SMILES string of the molecule is Cc1cc(C)c(NC(=O)Cn2cnc3ccc(F)cc3c2=O)c(C)c1. The molecule has 0 radical (unpaired) electrons. The number of hydrogen-bond donors (Lipinski definition) is 1. The number of rotatable bonds is 3. The van der Waals surface area contributed by atoms with E-state index < -0.39 is 11.4 Å². The molecule has 0 bridgehead atoms. The highest BCUT2D eigenvalue weighted by atomic mass is 19.1. The van der Waals surface area contributed by atoms with Gasteiger partial charge in [0.2, 0.25) is 5.91 Å². The minimum atomic E-state index is -0.514. The maximum atomic E-state index is 13.4. The summed E-state index contributed by atoms with van der Waals surface area (Å²) in [5.41, 5.74) is 3.72. The van der Waals surface area contributed by atoms with Crippen molar-refractivity contribution in [2.75, 3.05) is 5.32 Å². The molecule has 0 aliphatic heterocycles. The van der Waals surface area contributed by atoms with E-state index in [1.807, 2.05) is 32.9 Å². The fourth-order valence-corrected chi connectivity index (χ4v) is 2.95. The topological polar surface area (TPSA) is 64.0 Å². The van der Waals surface area contributed by atoms with E-state index in [0.29, 0.717) is 5.52 Å². The predicted molar refractivity (Wildman–Crippen MR) is 95.2 cm³/mol. The van der Waals surface area contributed by atoms with Gasteiger partial charge in [0, 0.05) is 5.69 Å². The van der Waals surface area contributed by atoms with Gasteiger partial charge in [-0.2, -0.15) is 0 Å². The third kappa shape index (κ3) is 3.42. The van der Waals surface area contributed by atoms with Crippen molar-refractivity contribution in [1.82, 2.24) is 9.55 Å². The number of fused-ring (bicyclic) bond motifs is 1. The second-order valence-electron chi connectivity index (χ2n) is 6.16. The molecule has 3 aromatic rings. The zero-order valence-corrected chi connectivity index (χ0v) is 14.3. The second-order valence-corrected chi connectivity index (χ2v) is 6.16. The number of nitrogens with one attached hydrogen (secondary N) is 1. The first-order chi connectivity index (χ1) is 11.8. The Balaban J connectivity index is 1.88. The normalized spacial score (nSPS) is 10.9. The molecule has 0 saturated carbocycles. The van der Waals surface area contributed by atoms with Gasteiger partial charge in [0.05, 0.1) is 17.2 Å². The zero-order chi connectivity index (χ0) is 18.1. The van der Waals surface area contributed by atoms with E-state index in [0.717, 1.165) is 28.4 Å². The molecule has 0 unspecified atom stereocenters. The van der Waals surface area contributed by atoms with Gasteiger partial charge in [-0.05, 0) is 50.1 Å². The van der Waals surface area contributed by atoms with Gasteiger partial charge in [-0.1, -0.05) is 17.7 Å². The predicted octanol–water partition coefficient (Wildman–Crippen LogP) is 3.10. The monoisotopic (exact) mass is 339 g/mol. The van der Waals surface area contributed by atoms with Crippen molar-refractivity contribution in [2.45, 2.75) is 27.3 Å². The number of anilines is 1. The maximum absolute atomic E-state index is 13.4. The maximum Gasteiger partial charge on any atom is 0.261 e. The van der Waals surface area contributed by atoms with Crippen molar-refractivity contribution < 1.29 is 9.18 Å². The number of benzene rings is 2. The summed E-state index contributed by atoms with van der Waals surface area (Å²) < 4.78 is 14.5. The van der Waals surface area contributed by atoms with Crippen LogP contribution in [0.1, 0.15) is 16.7 Å². The van der Waals surface area contributed by atoms with E-state index in [9.17, 15) is 14.0 Å². The summed E-state index contributed by atoms with van der Waals surface area (Å²) in [6.45, 7) is 5.64. The number of carbonyl (C=O) groups excluding carboxylic acids is 1. The van der Waals surface area contributed by atoms with Crippen molar-refractivity contribution >= 4 is 22.5 Å². The van der Waals surface area contributed by atoms with Gasteiger partial charge < -0.3 is 5.32 Å². The standard InChI is InChI=1S/C19H18FN3O2/c1-11-6-12(2)18(13(3)7-11)22-17(24)9-23-10-21-16-5-4-14(20)8-15(16)19(23)25/h4-8,10H,9H2,1-3H3,(H,22,24). The fourth-order valence-electron chi connectivity index (χ4n) is 2.95. The van der Waals surface area contributed by atoms with Crippen LogP contribution in [-0.4, -0.2) is 15.5 Å². The van der Waals surface area contributed by atoms with E-state index in [1.54, 1.807) is 0 Å². The zero-order valence-electron chi connectivity index (χ0n) is 14.3. The third-order valence-corrected chi connectivity index (χ3v) is 4.04. The van der Waals surface area contributed by atoms with Gasteiger partial charge in [-0.15, -0.1) is 0 Å². The number of halogens is 1. The van der Waals surface area contributed by atoms with Gasteiger partial charge in [-0.3, -0.25) is 14.2 Å². The van der Waals surface area contributed by atoms with Crippen LogP contribution < -0.4 is 10.9 Å². The Morgan fingerprint density at radius 2 is 1.84 bits per heavy atom. The fraction of sp³-hybridized carbons (Fsp3) is 0.211. The lowest BCUT2D eigenvalue weighted by Crippen LogP contribution is -2.28. The minimum absolute atomic E-state index is 0.151. The van der Waals surface area contributed by atoms with Gasteiger partial charge in [-0.25, -0.2) is 9.37 Å². The molecule has 1 aromatic heterocycles. The molecule has 6 heteroatoms. The average Bonchev–Trinajstić information content (AvgIpc) is 2.54. The lowest BCUT2D eigenvalue weighted by molar-refractivity contribution is -0.116. The van der Waals surface area contributed by atoms with Crippen molar-refractivity contribution in [3.63, 3.8) is 0 Å². The molecule has 0 aliphatic carbocycles. The molecule has 1 N–H and O–H groups in total. The first-order valence-electron chi connectivity index (χ1n) is 7.87. The molecular weight excluding hydrogens is 321 g/mol. The van der Waals surface area contributed by atoms with Crippen LogP contribution in [0.5, 0.6) is 0 Å². The van der Waals surface area contributed by atoms with Crippen LogP contribution in [0.4, 0.5) is 10.1 Å². The number of nitrogens with zero attached hydrogens (tertiary/aromatic N) is 2. The van der Waals surface area contributed by atoms with Crippen LogP contribution in [0.15, 0.2) is 41.5 Å². The first-order valence-corrected chi connectivity index (χ1v) is 7.87. The molecule has 0 atom stereocenters. The van der Waals surface area contributed by atoms with Crippen LogP contribution in [0.2, 0.25) is 0 Å². The lowest BCUT2D eigenvalue weighted by Gasteiger charge is -2.13. The average molecular weight is 339 g/mol. The van der Waals surface area contributed by atoms with Crippen molar-refractivity contribution in [1.29, 1.82) is 0 Å². The highest BCUT2D eigenvalue weighted by Crippen LogP contribution is 2.21. The lowest BCUT2D eigenvalue weighted by atomic mass is 10.1. The Hall–Kier alpha value is -3.02. The molecule has 128 valence electrons. The summed E-state index contributed by atoms with van der Waals surface area (Å²) in [5.74, 6) is -0.853. The summed E-state index contributed by atoms with van der Waals surface area (Å²) in [7, 11) is 0. The highest BCUT2D eigenvalue weighted by Gasteiger charge is 2.11. The van der Waals surface area contributed by atoms with Crippen molar-refractivity contribution in [3.8, 4) is 0 Å². The van der Waals surface area contributed by atoms with Crippen LogP contribution in [-0.2, 0) is 11.3 Å². The molecule has 5 nitrogen and oxygen atoms in total. The van der Waals surface area contributed by atoms with Gasteiger partial charge in [0.1, 0.15) is 12.4 Å². The quantitative estimate of drug-likeness (QED) is 0.797. The third-order valence-electron chi connectivity index (χ3n) is 4.04. The molecule has 1 heterocycles. The Morgan fingerprint density at radius 1 is 1.16 bits per heavy atom. The molecular formula is C19H18FN3O2. The molecule has 1 amide bonds. The van der Waals surface area contributed by atoms with Gasteiger partial charge in [0.25, 0.3) is 5.56 Å².